The number of amides is 1. The molecule has 0 aliphatic carbocycles. The number of pyridine rings is 1. The van der Waals surface area contributed by atoms with E-state index in [-0.39, 0.29) is 12.5 Å². The largest absolute Gasteiger partial charge is 0.493 e. The van der Waals surface area contributed by atoms with Gasteiger partial charge in [0.2, 0.25) is 5.91 Å². The van der Waals surface area contributed by atoms with E-state index >= 15 is 0 Å². The summed E-state index contributed by atoms with van der Waals surface area (Å²) in [6.07, 6.45) is 1.64. The molecule has 82 valence electrons. The average Bonchev–Trinajstić information content (AvgIpc) is 2.27. The standard InChI is InChI=1S/C10H15N3O2/c1-3-11-9(14)7-13-10-8(15-2)5-4-6-12-10/h4-6H,3,7H2,1-2H3,(H,11,14)(H,12,13). The van der Waals surface area contributed by atoms with Gasteiger partial charge in [0.05, 0.1) is 13.7 Å². The second kappa shape index (κ2) is 5.85. The van der Waals surface area contributed by atoms with Gasteiger partial charge < -0.3 is 15.4 Å². The second-order valence-corrected chi connectivity index (χ2v) is 2.86. The number of hydrogen-bond donors (Lipinski definition) is 2. The minimum atomic E-state index is -0.0646. The van der Waals surface area contributed by atoms with E-state index in [4.69, 9.17) is 4.74 Å². The van der Waals surface area contributed by atoms with E-state index in [2.05, 4.69) is 15.6 Å². The van der Waals surface area contributed by atoms with Crippen LogP contribution in [0.4, 0.5) is 5.82 Å². The molecule has 0 bridgehead atoms. The summed E-state index contributed by atoms with van der Waals surface area (Å²) in [4.78, 5) is 15.2. The Labute approximate surface area is 88.9 Å². The summed E-state index contributed by atoms with van der Waals surface area (Å²) in [6, 6.07) is 3.56. The van der Waals surface area contributed by atoms with Crippen molar-refractivity contribution in [1.82, 2.24) is 10.3 Å². The van der Waals surface area contributed by atoms with Crippen molar-refractivity contribution < 1.29 is 9.53 Å². The molecule has 15 heavy (non-hydrogen) atoms. The van der Waals surface area contributed by atoms with Crippen molar-refractivity contribution in [2.24, 2.45) is 0 Å². The maximum absolute atomic E-state index is 11.2. The van der Waals surface area contributed by atoms with Crippen molar-refractivity contribution >= 4 is 11.7 Å². The van der Waals surface area contributed by atoms with Gasteiger partial charge in [-0.05, 0) is 19.1 Å². The summed E-state index contributed by atoms with van der Waals surface area (Å²) >= 11 is 0. The Bertz CT molecular complexity index is 328. The van der Waals surface area contributed by atoms with Gasteiger partial charge in [-0.3, -0.25) is 4.79 Å². The Morgan fingerprint density at radius 2 is 2.40 bits per heavy atom. The van der Waals surface area contributed by atoms with Crippen LogP contribution in [0.25, 0.3) is 0 Å². The molecule has 5 heteroatoms. The molecular weight excluding hydrogens is 194 g/mol. The zero-order valence-corrected chi connectivity index (χ0v) is 8.91. The highest BCUT2D eigenvalue weighted by Crippen LogP contribution is 2.19. The van der Waals surface area contributed by atoms with Gasteiger partial charge in [-0.25, -0.2) is 4.98 Å². The Morgan fingerprint density at radius 1 is 1.60 bits per heavy atom. The molecule has 1 heterocycles. The molecule has 1 aromatic heterocycles. The second-order valence-electron chi connectivity index (χ2n) is 2.86. The van der Waals surface area contributed by atoms with Crippen LogP contribution in [0.1, 0.15) is 6.92 Å². The molecule has 0 saturated carbocycles. The number of methoxy groups -OCH3 is 1. The molecule has 0 saturated heterocycles. The monoisotopic (exact) mass is 209 g/mol. The van der Waals surface area contributed by atoms with Crippen molar-refractivity contribution in [1.29, 1.82) is 0 Å². The smallest absolute Gasteiger partial charge is 0.239 e. The predicted molar refractivity (Wildman–Crippen MR) is 58.0 cm³/mol. The third kappa shape index (κ3) is 3.46. The summed E-state index contributed by atoms with van der Waals surface area (Å²) in [7, 11) is 1.56. The number of likely N-dealkylation sites (N-methyl/N-ethyl adjacent to an activating group) is 1. The maximum Gasteiger partial charge on any atom is 0.239 e. The fourth-order valence-electron chi connectivity index (χ4n) is 1.11. The third-order valence-corrected chi connectivity index (χ3v) is 1.78. The summed E-state index contributed by atoms with van der Waals surface area (Å²) in [5.74, 6) is 1.14. The molecule has 2 N–H and O–H groups in total. The highest BCUT2D eigenvalue weighted by molar-refractivity contribution is 5.80. The normalized spacial score (nSPS) is 9.47. The van der Waals surface area contributed by atoms with E-state index in [1.54, 1.807) is 25.4 Å². The minimum absolute atomic E-state index is 0.0646. The van der Waals surface area contributed by atoms with Gasteiger partial charge >= 0.3 is 0 Å². The zero-order valence-electron chi connectivity index (χ0n) is 8.91. The molecule has 0 radical (unpaired) electrons. The van der Waals surface area contributed by atoms with E-state index in [1.807, 2.05) is 6.92 Å². The number of ether oxygens (including phenoxy) is 1. The molecule has 1 rings (SSSR count). The predicted octanol–water partition coefficient (Wildman–Crippen LogP) is 0.638. The molecule has 1 aromatic rings. The summed E-state index contributed by atoms with van der Waals surface area (Å²) in [5, 5.41) is 5.58. The van der Waals surface area contributed by atoms with E-state index in [0.29, 0.717) is 18.1 Å². The van der Waals surface area contributed by atoms with Crippen LogP contribution in [-0.4, -0.2) is 31.1 Å². The van der Waals surface area contributed by atoms with Crippen LogP contribution < -0.4 is 15.4 Å². The topological polar surface area (TPSA) is 63.2 Å². The van der Waals surface area contributed by atoms with Gasteiger partial charge in [0, 0.05) is 12.7 Å². The first kappa shape index (κ1) is 11.3. The molecule has 0 spiro atoms. The summed E-state index contributed by atoms with van der Waals surface area (Å²) < 4.78 is 5.08. The lowest BCUT2D eigenvalue weighted by molar-refractivity contribution is -0.119. The first-order valence-corrected chi connectivity index (χ1v) is 4.77. The van der Waals surface area contributed by atoms with Crippen LogP contribution in [0.5, 0.6) is 5.75 Å². The molecular formula is C10H15N3O2. The number of aromatic nitrogens is 1. The number of nitrogens with zero attached hydrogens (tertiary/aromatic N) is 1. The van der Waals surface area contributed by atoms with E-state index in [1.165, 1.54) is 0 Å². The average molecular weight is 209 g/mol. The van der Waals surface area contributed by atoms with Gasteiger partial charge in [-0.1, -0.05) is 0 Å². The van der Waals surface area contributed by atoms with E-state index in [0.717, 1.165) is 0 Å². The molecule has 1 amide bonds. The van der Waals surface area contributed by atoms with Crippen LogP contribution in [0, 0.1) is 0 Å². The lowest BCUT2D eigenvalue weighted by Gasteiger charge is -2.08. The van der Waals surface area contributed by atoms with E-state index < -0.39 is 0 Å². The van der Waals surface area contributed by atoms with Crippen LogP contribution in [0.3, 0.4) is 0 Å². The molecule has 5 nitrogen and oxygen atoms in total. The number of nitrogens with one attached hydrogen (secondary N) is 2. The molecule has 0 fully saturated rings. The number of carbonyl (C=O) groups is 1. The summed E-state index contributed by atoms with van der Waals surface area (Å²) in [6.45, 7) is 2.69. The highest BCUT2D eigenvalue weighted by atomic mass is 16.5. The highest BCUT2D eigenvalue weighted by Gasteiger charge is 2.04. The maximum atomic E-state index is 11.2. The van der Waals surface area contributed by atoms with Crippen molar-refractivity contribution in [3.63, 3.8) is 0 Å². The third-order valence-electron chi connectivity index (χ3n) is 1.78. The van der Waals surface area contributed by atoms with Crippen molar-refractivity contribution in [3.8, 4) is 5.75 Å². The fourth-order valence-corrected chi connectivity index (χ4v) is 1.11. The lowest BCUT2D eigenvalue weighted by Crippen LogP contribution is -2.29. The lowest BCUT2D eigenvalue weighted by atomic mass is 10.4. The van der Waals surface area contributed by atoms with Gasteiger partial charge in [0.15, 0.2) is 11.6 Å². The van der Waals surface area contributed by atoms with Crippen LogP contribution in [0.2, 0.25) is 0 Å². The Balaban J connectivity index is 2.53. The van der Waals surface area contributed by atoms with Gasteiger partial charge in [-0.2, -0.15) is 0 Å². The quantitative estimate of drug-likeness (QED) is 0.747. The van der Waals surface area contributed by atoms with Gasteiger partial charge in [0.1, 0.15) is 0 Å². The number of hydrogen-bond acceptors (Lipinski definition) is 4. The van der Waals surface area contributed by atoms with Crippen LogP contribution in [-0.2, 0) is 4.79 Å². The number of rotatable bonds is 5. The Morgan fingerprint density at radius 3 is 3.07 bits per heavy atom. The van der Waals surface area contributed by atoms with Crippen LogP contribution >= 0.6 is 0 Å². The minimum Gasteiger partial charge on any atom is -0.493 e. The molecule has 0 aliphatic heterocycles. The van der Waals surface area contributed by atoms with Gasteiger partial charge in [-0.15, -0.1) is 0 Å². The van der Waals surface area contributed by atoms with Crippen molar-refractivity contribution in [2.75, 3.05) is 25.5 Å². The molecule has 0 unspecified atom stereocenters. The molecule has 0 aliphatic rings. The Kier molecular flexibility index (Phi) is 4.40. The van der Waals surface area contributed by atoms with Gasteiger partial charge in [0.25, 0.3) is 0 Å². The van der Waals surface area contributed by atoms with Crippen molar-refractivity contribution in [3.05, 3.63) is 18.3 Å². The number of carbonyl (C=O) groups excluding carboxylic acids is 1. The Hall–Kier alpha value is -1.78. The van der Waals surface area contributed by atoms with Crippen molar-refractivity contribution in [2.45, 2.75) is 6.92 Å². The molecule has 0 aromatic carbocycles. The zero-order chi connectivity index (χ0) is 11.1. The number of anilines is 1. The fraction of sp³-hybridized carbons (Fsp3) is 0.400. The first-order valence-electron chi connectivity index (χ1n) is 4.77. The molecule has 0 atom stereocenters. The van der Waals surface area contributed by atoms with Crippen LogP contribution in [0.15, 0.2) is 18.3 Å². The van der Waals surface area contributed by atoms with E-state index in [9.17, 15) is 4.79 Å². The summed E-state index contributed by atoms with van der Waals surface area (Å²) in [5.41, 5.74) is 0. The SMILES string of the molecule is CCNC(=O)CNc1ncccc1OC. The first-order chi connectivity index (χ1) is 7.27.